The first-order valence-electron chi connectivity index (χ1n) is 7.64. The molecule has 112 valence electrons. The SMILES string of the molecule is CCNCC(C)C(=O)N(C)CCCCc1ccccc1. The molecule has 0 bridgehead atoms. The van der Waals surface area contributed by atoms with Crippen molar-refractivity contribution in [3.8, 4) is 0 Å². The number of unbranched alkanes of at least 4 members (excludes halogenated alkanes) is 1. The Morgan fingerprint density at radius 1 is 1.25 bits per heavy atom. The van der Waals surface area contributed by atoms with E-state index in [2.05, 4.69) is 36.5 Å². The predicted molar refractivity (Wildman–Crippen MR) is 84.7 cm³/mol. The van der Waals surface area contributed by atoms with Crippen LogP contribution in [-0.2, 0) is 11.2 Å². The maximum absolute atomic E-state index is 12.1. The summed E-state index contributed by atoms with van der Waals surface area (Å²) in [5.74, 6) is 0.305. The van der Waals surface area contributed by atoms with E-state index in [1.165, 1.54) is 5.56 Å². The summed E-state index contributed by atoms with van der Waals surface area (Å²) >= 11 is 0. The summed E-state index contributed by atoms with van der Waals surface area (Å²) in [6.45, 7) is 6.58. The molecule has 0 heterocycles. The van der Waals surface area contributed by atoms with Crippen molar-refractivity contribution < 1.29 is 4.79 Å². The molecule has 20 heavy (non-hydrogen) atoms. The Morgan fingerprint density at radius 3 is 2.60 bits per heavy atom. The maximum Gasteiger partial charge on any atom is 0.226 e. The van der Waals surface area contributed by atoms with E-state index in [1.807, 2.05) is 24.9 Å². The molecule has 3 heteroatoms. The van der Waals surface area contributed by atoms with Crippen molar-refractivity contribution in [2.45, 2.75) is 33.1 Å². The topological polar surface area (TPSA) is 32.3 Å². The smallest absolute Gasteiger partial charge is 0.226 e. The summed E-state index contributed by atoms with van der Waals surface area (Å²) in [6, 6.07) is 10.5. The van der Waals surface area contributed by atoms with Gasteiger partial charge in [0.2, 0.25) is 5.91 Å². The highest BCUT2D eigenvalue weighted by Crippen LogP contribution is 2.06. The molecule has 1 rings (SSSR count). The van der Waals surface area contributed by atoms with E-state index < -0.39 is 0 Å². The first kappa shape index (κ1) is 16.7. The summed E-state index contributed by atoms with van der Waals surface area (Å²) in [7, 11) is 1.91. The van der Waals surface area contributed by atoms with Crippen LogP contribution in [0.4, 0.5) is 0 Å². The van der Waals surface area contributed by atoms with Gasteiger partial charge in [-0.05, 0) is 31.4 Å². The van der Waals surface area contributed by atoms with Crippen molar-refractivity contribution in [3.05, 3.63) is 35.9 Å². The van der Waals surface area contributed by atoms with Gasteiger partial charge in [-0.3, -0.25) is 4.79 Å². The molecular weight excluding hydrogens is 248 g/mol. The Labute approximate surface area is 123 Å². The number of aryl methyl sites for hydroxylation is 1. The number of hydrogen-bond donors (Lipinski definition) is 1. The first-order valence-corrected chi connectivity index (χ1v) is 7.64. The van der Waals surface area contributed by atoms with Gasteiger partial charge in [-0.25, -0.2) is 0 Å². The van der Waals surface area contributed by atoms with Gasteiger partial charge in [-0.2, -0.15) is 0 Å². The van der Waals surface area contributed by atoms with E-state index in [-0.39, 0.29) is 11.8 Å². The monoisotopic (exact) mass is 276 g/mol. The average molecular weight is 276 g/mol. The van der Waals surface area contributed by atoms with Crippen LogP contribution in [0.3, 0.4) is 0 Å². The Kier molecular flexibility index (Phi) is 7.97. The largest absolute Gasteiger partial charge is 0.345 e. The van der Waals surface area contributed by atoms with Gasteiger partial charge >= 0.3 is 0 Å². The predicted octanol–water partition coefficient (Wildman–Crippen LogP) is 2.71. The van der Waals surface area contributed by atoms with Crippen LogP contribution in [0.25, 0.3) is 0 Å². The lowest BCUT2D eigenvalue weighted by atomic mass is 10.1. The van der Waals surface area contributed by atoms with Gasteiger partial charge in [0.1, 0.15) is 0 Å². The highest BCUT2D eigenvalue weighted by Gasteiger charge is 2.16. The van der Waals surface area contributed by atoms with Crippen molar-refractivity contribution in [2.75, 3.05) is 26.7 Å². The van der Waals surface area contributed by atoms with E-state index in [1.54, 1.807) is 0 Å². The number of benzene rings is 1. The highest BCUT2D eigenvalue weighted by atomic mass is 16.2. The molecule has 0 spiro atoms. The molecule has 0 radical (unpaired) electrons. The third-order valence-electron chi connectivity index (χ3n) is 3.55. The molecule has 0 aliphatic rings. The van der Waals surface area contributed by atoms with Crippen molar-refractivity contribution in [1.29, 1.82) is 0 Å². The van der Waals surface area contributed by atoms with Gasteiger partial charge in [0.25, 0.3) is 0 Å². The Morgan fingerprint density at radius 2 is 1.95 bits per heavy atom. The quantitative estimate of drug-likeness (QED) is 0.703. The summed E-state index contributed by atoms with van der Waals surface area (Å²) < 4.78 is 0. The summed E-state index contributed by atoms with van der Waals surface area (Å²) in [4.78, 5) is 14.0. The Hall–Kier alpha value is -1.35. The normalized spacial score (nSPS) is 12.2. The minimum Gasteiger partial charge on any atom is -0.345 e. The molecule has 0 saturated heterocycles. The Balaban J connectivity index is 2.19. The average Bonchev–Trinajstić information content (AvgIpc) is 2.49. The molecule has 1 N–H and O–H groups in total. The van der Waals surface area contributed by atoms with E-state index in [9.17, 15) is 4.79 Å². The van der Waals surface area contributed by atoms with Crippen LogP contribution in [0.5, 0.6) is 0 Å². The fourth-order valence-electron chi connectivity index (χ4n) is 2.26. The standard InChI is InChI=1S/C17H28N2O/c1-4-18-14-15(2)17(20)19(3)13-9-8-12-16-10-6-5-7-11-16/h5-7,10-11,15,18H,4,8-9,12-14H2,1-3H3. The number of carbonyl (C=O) groups excluding carboxylic acids is 1. The van der Waals surface area contributed by atoms with Crippen molar-refractivity contribution in [1.82, 2.24) is 10.2 Å². The molecule has 0 aliphatic heterocycles. The minimum atomic E-state index is 0.0640. The van der Waals surface area contributed by atoms with Gasteiger partial charge in [0.05, 0.1) is 0 Å². The summed E-state index contributed by atoms with van der Waals surface area (Å²) in [5.41, 5.74) is 1.38. The van der Waals surface area contributed by atoms with Gasteiger partial charge in [-0.1, -0.05) is 44.2 Å². The molecule has 0 aliphatic carbocycles. The molecule has 1 atom stereocenters. The fourth-order valence-corrected chi connectivity index (χ4v) is 2.26. The number of nitrogens with zero attached hydrogens (tertiary/aromatic N) is 1. The molecule has 0 fully saturated rings. The van der Waals surface area contributed by atoms with Crippen LogP contribution >= 0.6 is 0 Å². The zero-order chi connectivity index (χ0) is 14.8. The van der Waals surface area contributed by atoms with Crippen molar-refractivity contribution in [3.63, 3.8) is 0 Å². The Bertz CT molecular complexity index is 378. The number of carbonyl (C=O) groups is 1. The fraction of sp³-hybridized carbons (Fsp3) is 0.588. The molecule has 1 unspecified atom stereocenters. The van der Waals surface area contributed by atoms with E-state index in [4.69, 9.17) is 0 Å². The van der Waals surface area contributed by atoms with Crippen LogP contribution in [0.15, 0.2) is 30.3 Å². The van der Waals surface area contributed by atoms with Gasteiger partial charge < -0.3 is 10.2 Å². The third-order valence-corrected chi connectivity index (χ3v) is 3.55. The first-order chi connectivity index (χ1) is 9.65. The second kappa shape index (κ2) is 9.54. The lowest BCUT2D eigenvalue weighted by Gasteiger charge is -2.21. The second-order valence-electron chi connectivity index (χ2n) is 5.41. The van der Waals surface area contributed by atoms with Crippen LogP contribution in [0, 0.1) is 5.92 Å². The molecule has 1 aromatic carbocycles. The highest BCUT2D eigenvalue weighted by molar-refractivity contribution is 5.78. The number of nitrogens with one attached hydrogen (secondary N) is 1. The molecule has 3 nitrogen and oxygen atoms in total. The van der Waals surface area contributed by atoms with E-state index in [0.29, 0.717) is 0 Å². The van der Waals surface area contributed by atoms with E-state index in [0.717, 1.165) is 38.9 Å². The van der Waals surface area contributed by atoms with Gasteiger partial charge in [0, 0.05) is 26.1 Å². The molecular formula is C17H28N2O. The zero-order valence-electron chi connectivity index (χ0n) is 13.1. The van der Waals surface area contributed by atoms with Gasteiger partial charge in [-0.15, -0.1) is 0 Å². The van der Waals surface area contributed by atoms with Crippen LogP contribution in [-0.4, -0.2) is 37.5 Å². The number of amides is 1. The number of hydrogen-bond acceptors (Lipinski definition) is 2. The zero-order valence-corrected chi connectivity index (χ0v) is 13.1. The second-order valence-corrected chi connectivity index (χ2v) is 5.41. The molecule has 0 saturated carbocycles. The molecule has 0 aromatic heterocycles. The third kappa shape index (κ3) is 6.20. The van der Waals surface area contributed by atoms with E-state index >= 15 is 0 Å². The minimum absolute atomic E-state index is 0.0640. The van der Waals surface area contributed by atoms with Gasteiger partial charge in [0.15, 0.2) is 0 Å². The van der Waals surface area contributed by atoms with Crippen LogP contribution in [0.1, 0.15) is 32.3 Å². The number of rotatable bonds is 9. The summed E-state index contributed by atoms with van der Waals surface area (Å²) in [5, 5.41) is 3.23. The van der Waals surface area contributed by atoms with Crippen molar-refractivity contribution >= 4 is 5.91 Å². The van der Waals surface area contributed by atoms with Crippen LogP contribution < -0.4 is 5.32 Å². The lowest BCUT2D eigenvalue weighted by molar-refractivity contribution is -0.133. The van der Waals surface area contributed by atoms with Crippen molar-refractivity contribution in [2.24, 2.45) is 5.92 Å². The lowest BCUT2D eigenvalue weighted by Crippen LogP contribution is -2.37. The summed E-state index contributed by atoms with van der Waals surface area (Å²) in [6.07, 6.45) is 3.28. The molecule has 1 aromatic rings. The molecule has 1 amide bonds. The maximum atomic E-state index is 12.1. The van der Waals surface area contributed by atoms with Crippen LogP contribution in [0.2, 0.25) is 0 Å².